The molecule has 0 fully saturated rings. The Morgan fingerprint density at radius 3 is 2.09 bits per heavy atom. The minimum atomic E-state index is -1.09. The maximum absolute atomic E-state index is 14.7. The summed E-state index contributed by atoms with van der Waals surface area (Å²) in [4.78, 5) is 43.5. The van der Waals surface area contributed by atoms with Crippen molar-refractivity contribution in [2.24, 2.45) is 0 Å². The van der Waals surface area contributed by atoms with Crippen molar-refractivity contribution in [2.75, 3.05) is 11.9 Å². The predicted octanol–water partition coefficient (Wildman–Crippen LogP) is 7.48. The number of hydrogen-bond donors (Lipinski definition) is 4. The predicted molar refractivity (Wildman–Crippen MR) is 184 cm³/mol. The minimum Gasteiger partial charge on any atom is -0.508 e. The number of phenolic OH excluding ortho intramolecular Hbond substituents is 2. The van der Waals surface area contributed by atoms with Gasteiger partial charge in [-0.05, 0) is 85.5 Å². The molecule has 248 valence electrons. The van der Waals surface area contributed by atoms with Crippen LogP contribution in [0.4, 0.5) is 10.5 Å². The first-order valence-corrected chi connectivity index (χ1v) is 16.1. The van der Waals surface area contributed by atoms with Crippen LogP contribution in [0.3, 0.4) is 0 Å². The van der Waals surface area contributed by atoms with E-state index in [9.17, 15) is 24.6 Å². The fourth-order valence-electron chi connectivity index (χ4n) is 5.40. The summed E-state index contributed by atoms with van der Waals surface area (Å²) >= 11 is 0. The van der Waals surface area contributed by atoms with Crippen LogP contribution in [0, 0.1) is 0 Å². The maximum atomic E-state index is 14.7. The number of benzene rings is 4. The summed E-state index contributed by atoms with van der Waals surface area (Å²) in [6.45, 7) is 7.55. The summed E-state index contributed by atoms with van der Waals surface area (Å²) in [6.07, 6.45) is 2.76. The number of unbranched alkanes of at least 4 members (excludes halogenated alkanes) is 3. The number of carbonyl (C=O) groups is 3. The molecule has 4 aromatic carbocycles. The number of aromatic hydroxyl groups is 2. The first-order chi connectivity index (χ1) is 22.4. The van der Waals surface area contributed by atoms with Gasteiger partial charge in [0, 0.05) is 18.7 Å². The zero-order valence-electron chi connectivity index (χ0n) is 27.5. The smallest absolute Gasteiger partial charge is 0.408 e. The average Bonchev–Trinajstić information content (AvgIpc) is 3.02. The van der Waals surface area contributed by atoms with E-state index in [1.54, 1.807) is 45.0 Å². The number of hydrogen-bond acceptors (Lipinski definition) is 6. The molecule has 9 nitrogen and oxygen atoms in total. The Hall–Kier alpha value is -5.05. The molecule has 4 aromatic rings. The number of nitrogens with zero attached hydrogens (tertiary/aromatic N) is 1. The molecule has 0 radical (unpaired) electrons. The van der Waals surface area contributed by atoms with E-state index >= 15 is 0 Å². The Balaban J connectivity index is 1.74. The Bertz CT molecular complexity index is 1650. The van der Waals surface area contributed by atoms with E-state index in [-0.39, 0.29) is 24.5 Å². The van der Waals surface area contributed by atoms with Gasteiger partial charge in [-0.25, -0.2) is 4.79 Å². The van der Waals surface area contributed by atoms with Crippen LogP contribution >= 0.6 is 0 Å². The van der Waals surface area contributed by atoms with Crippen molar-refractivity contribution >= 4 is 34.4 Å². The summed E-state index contributed by atoms with van der Waals surface area (Å²) in [6, 6.07) is 23.9. The Morgan fingerprint density at radius 1 is 0.809 bits per heavy atom. The molecule has 0 aliphatic rings. The molecular weight excluding hydrogens is 594 g/mol. The molecule has 0 aliphatic carbocycles. The van der Waals surface area contributed by atoms with E-state index < -0.39 is 35.6 Å². The van der Waals surface area contributed by atoms with Crippen LogP contribution in [-0.2, 0) is 20.7 Å². The van der Waals surface area contributed by atoms with E-state index in [4.69, 9.17) is 4.74 Å². The summed E-state index contributed by atoms with van der Waals surface area (Å²) < 4.78 is 5.52. The van der Waals surface area contributed by atoms with E-state index in [0.717, 1.165) is 30.0 Å². The average molecular weight is 640 g/mol. The third kappa shape index (κ3) is 10.2. The first-order valence-electron chi connectivity index (χ1n) is 16.1. The molecule has 0 saturated heterocycles. The second kappa shape index (κ2) is 16.0. The van der Waals surface area contributed by atoms with Crippen molar-refractivity contribution in [3.8, 4) is 11.5 Å². The lowest BCUT2D eigenvalue weighted by Crippen LogP contribution is -2.53. The van der Waals surface area contributed by atoms with Gasteiger partial charge in [0.1, 0.15) is 29.2 Å². The highest BCUT2D eigenvalue weighted by Crippen LogP contribution is 2.28. The number of carbonyl (C=O) groups excluding carboxylic acids is 3. The zero-order valence-corrected chi connectivity index (χ0v) is 27.5. The van der Waals surface area contributed by atoms with Crippen molar-refractivity contribution in [2.45, 2.75) is 77.5 Å². The molecule has 0 saturated carbocycles. The third-order valence-electron chi connectivity index (χ3n) is 7.69. The van der Waals surface area contributed by atoms with Gasteiger partial charge in [0.2, 0.25) is 5.91 Å². The van der Waals surface area contributed by atoms with Crippen LogP contribution in [0.15, 0.2) is 91.0 Å². The van der Waals surface area contributed by atoms with E-state index in [2.05, 4.69) is 17.6 Å². The van der Waals surface area contributed by atoms with Crippen LogP contribution in [-0.4, -0.2) is 51.2 Å². The summed E-state index contributed by atoms with van der Waals surface area (Å²) in [5.74, 6) is -0.797. The van der Waals surface area contributed by atoms with Crippen molar-refractivity contribution < 1.29 is 29.3 Å². The fraction of sp³-hybridized carbons (Fsp3) is 0.342. The molecular formula is C38H45N3O6. The molecule has 0 aliphatic heterocycles. The number of alkyl carbamates (subject to hydrolysis) is 1. The topological polar surface area (TPSA) is 128 Å². The van der Waals surface area contributed by atoms with Gasteiger partial charge in [0.05, 0.1) is 0 Å². The van der Waals surface area contributed by atoms with Gasteiger partial charge in [-0.2, -0.15) is 0 Å². The molecule has 0 aromatic heterocycles. The number of ether oxygens (including phenoxy) is 1. The molecule has 2 atom stereocenters. The van der Waals surface area contributed by atoms with Gasteiger partial charge in [-0.3, -0.25) is 9.59 Å². The SMILES string of the molecule is CCCCCCN(C(=O)C(Cc1ccc(O)cc1)NC(=O)OC(C)(C)C)C(C(=O)Nc1ccc2ccccc2c1)c1ccc(O)cc1. The van der Waals surface area contributed by atoms with Gasteiger partial charge in [0.15, 0.2) is 0 Å². The minimum absolute atomic E-state index is 0.0278. The number of rotatable bonds is 13. The molecule has 4 N–H and O–H groups in total. The highest BCUT2D eigenvalue weighted by atomic mass is 16.6. The van der Waals surface area contributed by atoms with Gasteiger partial charge in [-0.15, -0.1) is 0 Å². The van der Waals surface area contributed by atoms with Crippen LogP contribution in [0.2, 0.25) is 0 Å². The monoisotopic (exact) mass is 639 g/mol. The van der Waals surface area contributed by atoms with Gasteiger partial charge in [0.25, 0.3) is 5.91 Å². The standard InChI is InChI=1S/C38H45N3O6/c1-5-6-7-10-23-41(36(45)33(40-37(46)47-38(2,3)4)24-26-13-19-31(42)20-14-26)34(28-16-21-32(43)22-17-28)35(44)39-30-18-15-27-11-8-9-12-29(27)25-30/h8-9,11-22,25,33-34,42-43H,5-7,10,23-24H2,1-4H3,(H,39,44)(H,40,46). The normalized spacial score (nSPS) is 12.6. The lowest BCUT2D eigenvalue weighted by molar-refractivity contribution is -0.140. The highest BCUT2D eigenvalue weighted by molar-refractivity contribution is 6.00. The number of fused-ring (bicyclic) bond motifs is 1. The number of phenols is 2. The third-order valence-corrected chi connectivity index (χ3v) is 7.69. The van der Waals surface area contributed by atoms with Crippen LogP contribution < -0.4 is 10.6 Å². The molecule has 3 amide bonds. The van der Waals surface area contributed by atoms with Gasteiger partial charge in [-0.1, -0.05) is 80.8 Å². The second-order valence-corrected chi connectivity index (χ2v) is 12.7. The Labute approximate surface area is 276 Å². The largest absolute Gasteiger partial charge is 0.508 e. The van der Waals surface area contributed by atoms with Crippen LogP contribution in [0.25, 0.3) is 10.8 Å². The van der Waals surface area contributed by atoms with Crippen molar-refractivity contribution in [1.82, 2.24) is 10.2 Å². The number of nitrogens with one attached hydrogen (secondary N) is 2. The highest BCUT2D eigenvalue weighted by Gasteiger charge is 2.36. The molecule has 4 rings (SSSR count). The molecule has 0 bridgehead atoms. The molecule has 0 spiro atoms. The van der Waals surface area contributed by atoms with E-state index in [1.807, 2.05) is 42.5 Å². The quantitative estimate of drug-likeness (QED) is 0.112. The van der Waals surface area contributed by atoms with Gasteiger partial charge >= 0.3 is 6.09 Å². The first kappa shape index (κ1) is 34.8. The summed E-state index contributed by atoms with van der Waals surface area (Å²) in [5, 5.41) is 27.7. The second-order valence-electron chi connectivity index (χ2n) is 12.7. The molecule has 47 heavy (non-hydrogen) atoms. The maximum Gasteiger partial charge on any atom is 0.408 e. The summed E-state index contributed by atoms with van der Waals surface area (Å²) in [5.41, 5.74) is 0.976. The van der Waals surface area contributed by atoms with Crippen molar-refractivity contribution in [3.63, 3.8) is 0 Å². The van der Waals surface area contributed by atoms with Crippen LogP contribution in [0.1, 0.15) is 70.5 Å². The zero-order chi connectivity index (χ0) is 34.0. The van der Waals surface area contributed by atoms with Gasteiger partial charge < -0.3 is 30.5 Å². The van der Waals surface area contributed by atoms with Crippen molar-refractivity contribution in [1.29, 1.82) is 0 Å². The molecule has 0 heterocycles. The molecule has 2 unspecified atom stereocenters. The Morgan fingerprint density at radius 2 is 1.45 bits per heavy atom. The lowest BCUT2D eigenvalue weighted by Gasteiger charge is -2.34. The summed E-state index contributed by atoms with van der Waals surface area (Å²) in [7, 11) is 0. The van der Waals surface area contributed by atoms with E-state index in [0.29, 0.717) is 23.2 Å². The molecule has 9 heteroatoms. The number of amides is 3. The lowest BCUT2D eigenvalue weighted by atomic mass is 9.99. The fourth-order valence-corrected chi connectivity index (χ4v) is 5.40. The van der Waals surface area contributed by atoms with Crippen LogP contribution in [0.5, 0.6) is 11.5 Å². The number of anilines is 1. The van der Waals surface area contributed by atoms with E-state index in [1.165, 1.54) is 29.2 Å². The Kier molecular flexibility index (Phi) is 11.8. The van der Waals surface area contributed by atoms with Crippen molar-refractivity contribution in [3.05, 3.63) is 102 Å².